The van der Waals surface area contributed by atoms with Crippen LogP contribution in [0, 0.1) is 0 Å². The van der Waals surface area contributed by atoms with Crippen molar-refractivity contribution in [2.24, 2.45) is 10.7 Å². The minimum Gasteiger partial charge on any atom is -0.368 e. The fraction of sp³-hybridized carbons (Fsp3) is 0.556. The minimum atomic E-state index is -0.269. The highest BCUT2D eigenvalue weighted by Crippen LogP contribution is 2.17. The third kappa shape index (κ3) is 1.49. The van der Waals surface area contributed by atoms with Crippen LogP contribution in [0.2, 0.25) is 0 Å². The maximum Gasteiger partial charge on any atom is 0.238 e. The van der Waals surface area contributed by atoms with Gasteiger partial charge < -0.3 is 5.73 Å². The number of nitrogens with two attached hydrogens (primary N) is 1. The van der Waals surface area contributed by atoms with Gasteiger partial charge in [-0.05, 0) is 6.42 Å². The van der Waals surface area contributed by atoms with Crippen LogP contribution < -0.4 is 5.73 Å². The first kappa shape index (κ1) is 8.44. The van der Waals surface area contributed by atoms with Gasteiger partial charge in [-0.2, -0.15) is 0 Å². The lowest BCUT2D eigenvalue weighted by molar-refractivity contribution is -0.121. The monoisotopic (exact) mass is 179 g/mol. The Morgan fingerprint density at radius 1 is 1.54 bits per heavy atom. The Balaban J connectivity index is 2.17. The molecule has 0 aromatic carbocycles. The van der Waals surface area contributed by atoms with Crippen molar-refractivity contribution >= 4 is 12.1 Å². The van der Waals surface area contributed by atoms with E-state index >= 15 is 0 Å². The Bertz CT molecular complexity index is 272. The van der Waals surface area contributed by atoms with Gasteiger partial charge in [0.25, 0.3) is 0 Å². The molecule has 2 heterocycles. The second-order valence-corrected chi connectivity index (χ2v) is 3.37. The molecule has 2 aliphatic heterocycles. The molecule has 0 aromatic heterocycles. The number of primary amides is 1. The highest BCUT2D eigenvalue weighted by Gasteiger charge is 2.31. The second kappa shape index (κ2) is 3.30. The van der Waals surface area contributed by atoms with E-state index in [2.05, 4.69) is 9.89 Å². The van der Waals surface area contributed by atoms with Crippen molar-refractivity contribution in [3.05, 3.63) is 12.2 Å². The molecule has 0 saturated carbocycles. The number of aliphatic imine (C=N–C) groups is 1. The molecule has 0 aliphatic carbocycles. The van der Waals surface area contributed by atoms with Crippen LogP contribution in [-0.4, -0.2) is 42.2 Å². The first-order chi connectivity index (χ1) is 6.29. The molecular weight excluding hydrogens is 166 g/mol. The molecule has 0 saturated heterocycles. The summed E-state index contributed by atoms with van der Waals surface area (Å²) in [5.74, 6) is -0.269. The molecule has 0 fully saturated rings. The number of amides is 1. The summed E-state index contributed by atoms with van der Waals surface area (Å²) in [6.07, 6.45) is 6.75. The van der Waals surface area contributed by atoms with Crippen molar-refractivity contribution in [2.45, 2.75) is 18.5 Å². The maximum atomic E-state index is 11.1. The van der Waals surface area contributed by atoms with Gasteiger partial charge in [0.05, 0.1) is 6.04 Å². The van der Waals surface area contributed by atoms with E-state index in [-0.39, 0.29) is 18.0 Å². The van der Waals surface area contributed by atoms with Gasteiger partial charge in [0.1, 0.15) is 6.04 Å². The summed E-state index contributed by atoms with van der Waals surface area (Å²) in [4.78, 5) is 17.4. The SMILES string of the molecule is NC(=O)C1C=CC2C=NCCCN21. The largest absolute Gasteiger partial charge is 0.368 e. The van der Waals surface area contributed by atoms with Crippen LogP contribution in [0.4, 0.5) is 0 Å². The zero-order chi connectivity index (χ0) is 9.26. The van der Waals surface area contributed by atoms with Crippen LogP contribution in [0.5, 0.6) is 0 Å². The van der Waals surface area contributed by atoms with E-state index in [4.69, 9.17) is 5.73 Å². The normalized spacial score (nSPS) is 32.9. The standard InChI is InChI=1S/C9H13N3O/c10-9(13)8-3-2-7-6-11-4-1-5-12(7)8/h2-3,6-8H,1,4-5H2,(H2,10,13). The predicted molar refractivity (Wildman–Crippen MR) is 50.6 cm³/mol. The smallest absolute Gasteiger partial charge is 0.238 e. The average molecular weight is 179 g/mol. The van der Waals surface area contributed by atoms with Crippen molar-refractivity contribution in [3.8, 4) is 0 Å². The second-order valence-electron chi connectivity index (χ2n) is 3.37. The molecule has 70 valence electrons. The fourth-order valence-electron chi connectivity index (χ4n) is 1.83. The fourth-order valence-corrected chi connectivity index (χ4v) is 1.83. The molecule has 2 rings (SSSR count). The third-order valence-electron chi connectivity index (χ3n) is 2.48. The molecule has 2 N–H and O–H groups in total. The lowest BCUT2D eigenvalue weighted by Gasteiger charge is -2.24. The summed E-state index contributed by atoms with van der Waals surface area (Å²) in [5, 5.41) is 0. The Morgan fingerprint density at radius 3 is 3.15 bits per heavy atom. The van der Waals surface area contributed by atoms with E-state index in [9.17, 15) is 4.79 Å². The van der Waals surface area contributed by atoms with Gasteiger partial charge >= 0.3 is 0 Å². The summed E-state index contributed by atoms with van der Waals surface area (Å²) in [6.45, 7) is 1.75. The molecule has 2 atom stereocenters. The molecule has 0 bridgehead atoms. The number of hydrogen-bond acceptors (Lipinski definition) is 3. The van der Waals surface area contributed by atoms with E-state index in [0.717, 1.165) is 19.5 Å². The molecule has 0 radical (unpaired) electrons. The van der Waals surface area contributed by atoms with E-state index in [0.29, 0.717) is 0 Å². The Morgan fingerprint density at radius 2 is 2.38 bits per heavy atom. The number of rotatable bonds is 1. The Hall–Kier alpha value is -1.16. The molecule has 2 aliphatic rings. The summed E-state index contributed by atoms with van der Waals surface area (Å²) < 4.78 is 0. The zero-order valence-corrected chi connectivity index (χ0v) is 7.39. The van der Waals surface area contributed by atoms with Gasteiger partial charge in [0.2, 0.25) is 5.91 Å². The van der Waals surface area contributed by atoms with Crippen LogP contribution >= 0.6 is 0 Å². The number of fused-ring (bicyclic) bond motifs is 1. The summed E-state index contributed by atoms with van der Waals surface area (Å²) in [6, 6.07) is -0.0467. The van der Waals surface area contributed by atoms with Gasteiger partial charge in [-0.3, -0.25) is 14.7 Å². The average Bonchev–Trinajstić information content (AvgIpc) is 2.36. The van der Waals surface area contributed by atoms with E-state index in [1.807, 2.05) is 18.4 Å². The van der Waals surface area contributed by atoms with E-state index in [1.54, 1.807) is 0 Å². The topological polar surface area (TPSA) is 58.7 Å². The van der Waals surface area contributed by atoms with E-state index in [1.165, 1.54) is 0 Å². The summed E-state index contributed by atoms with van der Waals surface area (Å²) >= 11 is 0. The van der Waals surface area contributed by atoms with Crippen molar-refractivity contribution in [2.75, 3.05) is 13.1 Å². The molecule has 2 unspecified atom stereocenters. The maximum absolute atomic E-state index is 11.1. The van der Waals surface area contributed by atoms with Crippen molar-refractivity contribution < 1.29 is 4.79 Å². The Labute approximate surface area is 77.1 Å². The van der Waals surface area contributed by atoms with Gasteiger partial charge in [0.15, 0.2) is 0 Å². The zero-order valence-electron chi connectivity index (χ0n) is 7.39. The third-order valence-corrected chi connectivity index (χ3v) is 2.48. The lowest BCUT2D eigenvalue weighted by atomic mass is 10.2. The first-order valence-electron chi connectivity index (χ1n) is 4.52. The molecule has 4 nitrogen and oxygen atoms in total. The van der Waals surface area contributed by atoms with Gasteiger partial charge in [0, 0.05) is 19.3 Å². The van der Waals surface area contributed by atoms with Crippen LogP contribution in [0.3, 0.4) is 0 Å². The predicted octanol–water partition coefficient (Wildman–Crippen LogP) is -0.445. The quantitative estimate of drug-likeness (QED) is 0.554. The molecular formula is C9H13N3O. The summed E-state index contributed by atoms with van der Waals surface area (Å²) in [7, 11) is 0. The minimum absolute atomic E-state index is 0.181. The number of nitrogens with zero attached hydrogens (tertiary/aromatic N) is 2. The van der Waals surface area contributed by atoms with Crippen LogP contribution in [0.15, 0.2) is 17.1 Å². The van der Waals surface area contributed by atoms with Crippen molar-refractivity contribution in [1.82, 2.24) is 4.90 Å². The van der Waals surface area contributed by atoms with Crippen LogP contribution in [0.25, 0.3) is 0 Å². The van der Waals surface area contributed by atoms with Crippen LogP contribution in [0.1, 0.15) is 6.42 Å². The van der Waals surface area contributed by atoms with Crippen molar-refractivity contribution in [3.63, 3.8) is 0 Å². The highest BCUT2D eigenvalue weighted by atomic mass is 16.1. The van der Waals surface area contributed by atoms with Gasteiger partial charge in [-0.1, -0.05) is 12.2 Å². The Kier molecular flexibility index (Phi) is 2.14. The van der Waals surface area contributed by atoms with Gasteiger partial charge in [-0.15, -0.1) is 0 Å². The first-order valence-corrected chi connectivity index (χ1v) is 4.52. The number of carbonyl (C=O) groups excluding carboxylic acids is 1. The number of hydrogen-bond donors (Lipinski definition) is 1. The molecule has 1 amide bonds. The van der Waals surface area contributed by atoms with Crippen molar-refractivity contribution in [1.29, 1.82) is 0 Å². The summed E-state index contributed by atoms with van der Waals surface area (Å²) in [5.41, 5.74) is 5.28. The lowest BCUT2D eigenvalue weighted by Crippen LogP contribution is -2.45. The van der Waals surface area contributed by atoms with Gasteiger partial charge in [-0.25, -0.2) is 0 Å². The molecule has 0 aromatic rings. The molecule has 0 spiro atoms. The molecule has 13 heavy (non-hydrogen) atoms. The van der Waals surface area contributed by atoms with Crippen LogP contribution in [-0.2, 0) is 4.79 Å². The molecule has 4 heteroatoms. The number of carbonyl (C=O) groups is 1. The van der Waals surface area contributed by atoms with E-state index < -0.39 is 0 Å². The highest BCUT2D eigenvalue weighted by molar-refractivity contribution is 5.84.